The van der Waals surface area contributed by atoms with Gasteiger partial charge < -0.3 is 10.6 Å². The standard InChI is InChI=1S/C11H18F2N2O/c12-8-3-1-7(2-4-8)11(16)15-5-9(13)10(14)6-15/h7-10H,1-6,14H2/t7?,8?,9-,10+/m0/s1. The molecule has 92 valence electrons. The van der Waals surface area contributed by atoms with Gasteiger partial charge in [-0.2, -0.15) is 0 Å². The monoisotopic (exact) mass is 232 g/mol. The molecule has 0 bridgehead atoms. The van der Waals surface area contributed by atoms with Crippen molar-refractivity contribution < 1.29 is 13.6 Å². The summed E-state index contributed by atoms with van der Waals surface area (Å²) in [4.78, 5) is 13.5. The van der Waals surface area contributed by atoms with Gasteiger partial charge in [-0.1, -0.05) is 0 Å². The van der Waals surface area contributed by atoms with Crippen LogP contribution in [-0.2, 0) is 4.79 Å². The minimum absolute atomic E-state index is 0.0394. The molecule has 1 aliphatic heterocycles. The van der Waals surface area contributed by atoms with Gasteiger partial charge in [-0.25, -0.2) is 8.78 Å². The molecule has 2 aliphatic rings. The molecule has 1 heterocycles. The van der Waals surface area contributed by atoms with Crippen LogP contribution in [0.5, 0.6) is 0 Å². The highest BCUT2D eigenvalue weighted by Gasteiger charge is 2.36. The van der Waals surface area contributed by atoms with E-state index in [0.29, 0.717) is 32.2 Å². The topological polar surface area (TPSA) is 46.3 Å². The average Bonchev–Trinajstić information content (AvgIpc) is 2.59. The fourth-order valence-electron chi connectivity index (χ4n) is 2.53. The molecular formula is C11H18F2N2O. The first-order valence-corrected chi connectivity index (χ1v) is 5.90. The maximum atomic E-state index is 13.2. The lowest BCUT2D eigenvalue weighted by Gasteiger charge is -2.27. The molecule has 2 N–H and O–H groups in total. The number of halogens is 2. The van der Waals surface area contributed by atoms with Gasteiger partial charge in [0, 0.05) is 12.5 Å². The summed E-state index contributed by atoms with van der Waals surface area (Å²) >= 11 is 0. The zero-order valence-corrected chi connectivity index (χ0v) is 9.24. The summed E-state index contributed by atoms with van der Waals surface area (Å²) in [6, 6.07) is -0.554. The van der Waals surface area contributed by atoms with Crippen LogP contribution in [0.15, 0.2) is 0 Å². The summed E-state index contributed by atoms with van der Waals surface area (Å²) < 4.78 is 26.1. The summed E-state index contributed by atoms with van der Waals surface area (Å²) in [7, 11) is 0. The minimum Gasteiger partial charge on any atom is -0.338 e. The fraction of sp³-hybridized carbons (Fsp3) is 0.909. The van der Waals surface area contributed by atoms with Crippen molar-refractivity contribution in [3.63, 3.8) is 0 Å². The molecule has 2 atom stereocenters. The third-order valence-electron chi connectivity index (χ3n) is 3.61. The van der Waals surface area contributed by atoms with Crippen molar-refractivity contribution >= 4 is 5.91 Å². The highest BCUT2D eigenvalue weighted by Crippen LogP contribution is 2.28. The second kappa shape index (κ2) is 4.65. The van der Waals surface area contributed by atoms with E-state index in [0.717, 1.165) is 0 Å². The van der Waals surface area contributed by atoms with Crippen LogP contribution in [0.1, 0.15) is 25.7 Å². The van der Waals surface area contributed by atoms with Gasteiger partial charge in [0.1, 0.15) is 12.3 Å². The quantitative estimate of drug-likeness (QED) is 0.733. The number of nitrogens with two attached hydrogens (primary N) is 1. The van der Waals surface area contributed by atoms with E-state index in [-0.39, 0.29) is 18.4 Å². The molecule has 0 aromatic rings. The first-order valence-electron chi connectivity index (χ1n) is 5.90. The largest absolute Gasteiger partial charge is 0.338 e. The number of carbonyl (C=O) groups is 1. The third kappa shape index (κ3) is 2.34. The molecule has 1 aliphatic carbocycles. The lowest BCUT2D eigenvalue weighted by molar-refractivity contribution is -0.136. The van der Waals surface area contributed by atoms with Crippen LogP contribution in [0.4, 0.5) is 8.78 Å². The summed E-state index contributed by atoms with van der Waals surface area (Å²) in [5, 5.41) is 0. The van der Waals surface area contributed by atoms with Gasteiger partial charge in [-0.15, -0.1) is 0 Å². The van der Waals surface area contributed by atoms with Gasteiger partial charge >= 0.3 is 0 Å². The van der Waals surface area contributed by atoms with Crippen LogP contribution >= 0.6 is 0 Å². The summed E-state index contributed by atoms with van der Waals surface area (Å²) in [5.74, 6) is -0.160. The summed E-state index contributed by atoms with van der Waals surface area (Å²) in [6.07, 6.45) is 0.205. The number of rotatable bonds is 1. The SMILES string of the molecule is N[C@@H]1CN(C(=O)C2CCC(F)CC2)C[C@@H]1F. The lowest BCUT2D eigenvalue weighted by atomic mass is 9.87. The van der Waals surface area contributed by atoms with Crippen molar-refractivity contribution in [3.8, 4) is 0 Å². The number of hydrogen-bond acceptors (Lipinski definition) is 2. The summed E-state index contributed by atoms with van der Waals surface area (Å²) in [6.45, 7) is 0.408. The van der Waals surface area contributed by atoms with Crippen LogP contribution in [-0.4, -0.2) is 42.3 Å². The van der Waals surface area contributed by atoms with Crippen LogP contribution in [0.3, 0.4) is 0 Å². The second-order valence-corrected chi connectivity index (χ2v) is 4.87. The van der Waals surface area contributed by atoms with E-state index >= 15 is 0 Å². The molecule has 0 unspecified atom stereocenters. The van der Waals surface area contributed by atoms with E-state index in [4.69, 9.17) is 5.73 Å². The second-order valence-electron chi connectivity index (χ2n) is 4.87. The molecule has 2 fully saturated rings. The number of nitrogens with zero attached hydrogens (tertiary/aromatic N) is 1. The maximum Gasteiger partial charge on any atom is 0.225 e. The predicted octanol–water partition coefficient (Wildman–Crippen LogP) is 1.02. The molecule has 1 saturated heterocycles. The molecule has 0 radical (unpaired) electrons. The zero-order valence-electron chi connectivity index (χ0n) is 9.24. The van der Waals surface area contributed by atoms with E-state index in [1.165, 1.54) is 4.90 Å². The Balaban J connectivity index is 1.88. The maximum absolute atomic E-state index is 13.2. The molecule has 2 rings (SSSR count). The van der Waals surface area contributed by atoms with Crippen LogP contribution in [0.2, 0.25) is 0 Å². The first kappa shape index (κ1) is 11.8. The number of carbonyl (C=O) groups excluding carboxylic acids is 1. The molecule has 3 nitrogen and oxygen atoms in total. The Kier molecular flexibility index (Phi) is 3.42. The third-order valence-corrected chi connectivity index (χ3v) is 3.61. The Morgan fingerprint density at radius 3 is 2.25 bits per heavy atom. The molecule has 1 saturated carbocycles. The van der Waals surface area contributed by atoms with Crippen molar-refractivity contribution in [3.05, 3.63) is 0 Å². The van der Waals surface area contributed by atoms with E-state index < -0.39 is 18.4 Å². The fourth-order valence-corrected chi connectivity index (χ4v) is 2.53. The molecule has 1 amide bonds. The van der Waals surface area contributed by atoms with Crippen LogP contribution < -0.4 is 5.73 Å². The van der Waals surface area contributed by atoms with E-state index in [2.05, 4.69) is 0 Å². The Hall–Kier alpha value is -0.710. The number of amides is 1. The van der Waals surface area contributed by atoms with Crippen molar-refractivity contribution in [1.82, 2.24) is 4.90 Å². The Morgan fingerprint density at radius 1 is 1.12 bits per heavy atom. The number of likely N-dealkylation sites (tertiary alicyclic amines) is 1. The molecule has 16 heavy (non-hydrogen) atoms. The predicted molar refractivity (Wildman–Crippen MR) is 56.3 cm³/mol. The van der Waals surface area contributed by atoms with Gasteiger partial charge in [0.15, 0.2) is 0 Å². The molecule has 0 spiro atoms. The van der Waals surface area contributed by atoms with Gasteiger partial charge in [-0.05, 0) is 25.7 Å². The number of hydrogen-bond donors (Lipinski definition) is 1. The lowest BCUT2D eigenvalue weighted by Crippen LogP contribution is -2.37. The van der Waals surface area contributed by atoms with Crippen LogP contribution in [0.25, 0.3) is 0 Å². The summed E-state index contributed by atoms with van der Waals surface area (Å²) in [5.41, 5.74) is 5.53. The van der Waals surface area contributed by atoms with Gasteiger partial charge in [0.05, 0.1) is 12.6 Å². The molecule has 0 aromatic carbocycles. The van der Waals surface area contributed by atoms with Crippen molar-refractivity contribution in [2.24, 2.45) is 11.7 Å². The zero-order chi connectivity index (χ0) is 11.7. The van der Waals surface area contributed by atoms with Crippen molar-refractivity contribution in [2.75, 3.05) is 13.1 Å². The van der Waals surface area contributed by atoms with Crippen molar-refractivity contribution in [2.45, 2.75) is 44.1 Å². The smallest absolute Gasteiger partial charge is 0.225 e. The van der Waals surface area contributed by atoms with E-state index in [9.17, 15) is 13.6 Å². The Morgan fingerprint density at radius 2 is 1.75 bits per heavy atom. The molecule has 0 aromatic heterocycles. The first-order chi connectivity index (χ1) is 7.58. The number of alkyl halides is 2. The minimum atomic E-state index is -1.11. The van der Waals surface area contributed by atoms with E-state index in [1.54, 1.807) is 0 Å². The Labute approximate surface area is 94.0 Å². The van der Waals surface area contributed by atoms with Gasteiger partial charge in [0.25, 0.3) is 0 Å². The van der Waals surface area contributed by atoms with Gasteiger partial charge in [-0.3, -0.25) is 4.79 Å². The molecule has 5 heteroatoms. The van der Waals surface area contributed by atoms with E-state index in [1.807, 2.05) is 0 Å². The van der Waals surface area contributed by atoms with Crippen molar-refractivity contribution in [1.29, 1.82) is 0 Å². The normalized spacial score (nSPS) is 40.1. The highest BCUT2D eigenvalue weighted by molar-refractivity contribution is 5.79. The van der Waals surface area contributed by atoms with Crippen LogP contribution in [0, 0.1) is 5.92 Å². The van der Waals surface area contributed by atoms with Gasteiger partial charge in [0.2, 0.25) is 5.91 Å². The Bertz CT molecular complexity index is 257. The average molecular weight is 232 g/mol. The highest BCUT2D eigenvalue weighted by atomic mass is 19.1. The molecular weight excluding hydrogens is 214 g/mol.